The maximum Gasteiger partial charge on any atom is 0.349 e. The summed E-state index contributed by atoms with van der Waals surface area (Å²) in [4.78, 5) is 16.7. The molecule has 0 amide bonds. The molecule has 1 aromatic carbocycles. The summed E-state index contributed by atoms with van der Waals surface area (Å²) in [6.45, 7) is 3.54. The second kappa shape index (κ2) is 5.59. The van der Waals surface area contributed by atoms with Crippen LogP contribution in [-0.2, 0) is 0 Å². The number of aromatic hydroxyl groups is 1. The van der Waals surface area contributed by atoms with Crippen molar-refractivity contribution in [2.75, 3.05) is 0 Å². The summed E-state index contributed by atoms with van der Waals surface area (Å²) >= 11 is 0. The number of aromatic nitrogens is 3. The molecule has 0 saturated carbocycles. The third-order valence-corrected chi connectivity index (χ3v) is 4.11. The van der Waals surface area contributed by atoms with Crippen LogP contribution in [-0.4, -0.2) is 19.7 Å². The van der Waals surface area contributed by atoms with Crippen LogP contribution in [0.4, 0.5) is 0 Å². The van der Waals surface area contributed by atoms with E-state index >= 15 is 0 Å². The monoisotopic (exact) mass is 333 g/mol. The van der Waals surface area contributed by atoms with Crippen molar-refractivity contribution in [3.05, 3.63) is 70.4 Å². The van der Waals surface area contributed by atoms with Gasteiger partial charge >= 0.3 is 5.63 Å². The predicted molar refractivity (Wildman–Crippen MR) is 93.5 cm³/mol. The zero-order chi connectivity index (χ0) is 17.6. The molecule has 0 unspecified atom stereocenters. The highest BCUT2D eigenvalue weighted by atomic mass is 16.4. The number of benzene rings is 1. The predicted octanol–water partition coefficient (Wildman–Crippen LogP) is 3.34. The molecular weight excluding hydrogens is 318 g/mol. The van der Waals surface area contributed by atoms with Crippen LogP contribution in [0.1, 0.15) is 11.3 Å². The van der Waals surface area contributed by atoms with Gasteiger partial charge in [-0.2, -0.15) is 5.10 Å². The molecule has 6 heteroatoms. The Morgan fingerprint density at radius 2 is 1.88 bits per heavy atom. The molecule has 0 spiro atoms. The minimum atomic E-state index is -0.612. The Balaban J connectivity index is 2.04. The first-order valence-electron chi connectivity index (χ1n) is 7.80. The van der Waals surface area contributed by atoms with Gasteiger partial charge in [-0.1, -0.05) is 30.3 Å². The molecule has 0 fully saturated rings. The van der Waals surface area contributed by atoms with Crippen LogP contribution in [0.2, 0.25) is 0 Å². The van der Waals surface area contributed by atoms with Crippen molar-refractivity contribution in [2.24, 2.45) is 0 Å². The van der Waals surface area contributed by atoms with Crippen LogP contribution >= 0.6 is 0 Å². The van der Waals surface area contributed by atoms with Crippen molar-refractivity contribution in [3.63, 3.8) is 0 Å². The topological polar surface area (TPSA) is 80.6 Å². The zero-order valence-electron chi connectivity index (χ0n) is 13.7. The second-order valence-corrected chi connectivity index (χ2v) is 5.81. The summed E-state index contributed by atoms with van der Waals surface area (Å²) in [6, 6.07) is 12.8. The normalized spacial score (nSPS) is 11.1. The molecule has 0 bridgehead atoms. The van der Waals surface area contributed by atoms with Crippen LogP contribution in [0.25, 0.3) is 28.2 Å². The largest absolute Gasteiger partial charge is 0.507 e. The van der Waals surface area contributed by atoms with Gasteiger partial charge in [0, 0.05) is 23.4 Å². The average molecular weight is 333 g/mol. The van der Waals surface area contributed by atoms with Gasteiger partial charge < -0.3 is 9.52 Å². The smallest absolute Gasteiger partial charge is 0.349 e. The van der Waals surface area contributed by atoms with Crippen LogP contribution in [0, 0.1) is 13.8 Å². The number of aryl methyl sites for hydroxylation is 2. The number of hydrogen-bond donors (Lipinski definition) is 1. The van der Waals surface area contributed by atoms with Crippen molar-refractivity contribution in [1.29, 1.82) is 0 Å². The van der Waals surface area contributed by atoms with Crippen LogP contribution in [0.15, 0.2) is 57.9 Å². The van der Waals surface area contributed by atoms with Gasteiger partial charge in [0.05, 0.1) is 11.4 Å². The van der Waals surface area contributed by atoms with Crippen molar-refractivity contribution < 1.29 is 9.52 Å². The molecule has 3 aromatic heterocycles. The Bertz CT molecular complexity index is 1140. The lowest BCUT2D eigenvalue weighted by Gasteiger charge is -2.06. The SMILES string of the molecule is Cc1cc(O)c(-c2ccnc3c(C)c(-c4ccccc4)nn23)c(=O)o1. The van der Waals surface area contributed by atoms with Gasteiger partial charge in [-0.3, -0.25) is 0 Å². The number of nitrogens with zero attached hydrogens (tertiary/aromatic N) is 3. The van der Waals surface area contributed by atoms with E-state index in [0.29, 0.717) is 17.1 Å². The Labute approximate surface area is 143 Å². The van der Waals surface area contributed by atoms with Gasteiger partial charge in [0.15, 0.2) is 5.65 Å². The summed E-state index contributed by atoms with van der Waals surface area (Å²) in [6.07, 6.45) is 1.59. The summed E-state index contributed by atoms with van der Waals surface area (Å²) < 4.78 is 6.71. The van der Waals surface area contributed by atoms with Crippen LogP contribution in [0.5, 0.6) is 5.75 Å². The Morgan fingerprint density at radius 1 is 1.12 bits per heavy atom. The highest BCUT2D eigenvalue weighted by molar-refractivity contribution is 5.74. The second-order valence-electron chi connectivity index (χ2n) is 5.81. The van der Waals surface area contributed by atoms with E-state index in [4.69, 9.17) is 4.42 Å². The molecule has 3 heterocycles. The van der Waals surface area contributed by atoms with Crippen LogP contribution < -0.4 is 5.63 Å². The molecule has 124 valence electrons. The highest BCUT2D eigenvalue weighted by Crippen LogP contribution is 2.30. The molecule has 0 radical (unpaired) electrons. The molecule has 0 aliphatic rings. The van der Waals surface area contributed by atoms with Crippen molar-refractivity contribution in [1.82, 2.24) is 14.6 Å². The van der Waals surface area contributed by atoms with Gasteiger partial charge in [0.25, 0.3) is 0 Å². The van der Waals surface area contributed by atoms with E-state index in [1.807, 2.05) is 37.3 Å². The first-order valence-corrected chi connectivity index (χ1v) is 7.80. The summed E-state index contributed by atoms with van der Waals surface area (Å²) in [5.74, 6) is 0.203. The number of hydrogen-bond acceptors (Lipinski definition) is 5. The molecule has 4 rings (SSSR count). The maximum atomic E-state index is 12.3. The zero-order valence-corrected chi connectivity index (χ0v) is 13.7. The van der Waals surface area contributed by atoms with Gasteiger partial charge in [-0.25, -0.2) is 14.3 Å². The van der Waals surface area contributed by atoms with Gasteiger partial charge in [-0.05, 0) is 19.9 Å². The quantitative estimate of drug-likeness (QED) is 0.608. The Morgan fingerprint density at radius 3 is 2.60 bits per heavy atom. The molecule has 4 aromatic rings. The fourth-order valence-electron chi connectivity index (χ4n) is 2.95. The lowest BCUT2D eigenvalue weighted by molar-refractivity contribution is 0.437. The van der Waals surface area contributed by atoms with E-state index in [1.54, 1.807) is 23.7 Å². The minimum absolute atomic E-state index is 0.0695. The molecule has 25 heavy (non-hydrogen) atoms. The molecule has 0 aliphatic heterocycles. The number of fused-ring (bicyclic) bond motifs is 1. The van der Waals surface area contributed by atoms with E-state index in [1.165, 1.54) is 6.07 Å². The van der Waals surface area contributed by atoms with E-state index < -0.39 is 5.63 Å². The summed E-state index contributed by atoms with van der Waals surface area (Å²) in [5, 5.41) is 14.9. The first-order chi connectivity index (χ1) is 12.1. The molecule has 0 saturated heterocycles. The van der Waals surface area contributed by atoms with Crippen molar-refractivity contribution >= 4 is 5.65 Å². The molecule has 0 aliphatic carbocycles. The lowest BCUT2D eigenvalue weighted by Crippen LogP contribution is -2.08. The first kappa shape index (κ1) is 15.1. The van der Waals surface area contributed by atoms with Crippen LogP contribution in [0.3, 0.4) is 0 Å². The molecule has 6 nitrogen and oxygen atoms in total. The van der Waals surface area contributed by atoms with E-state index in [0.717, 1.165) is 16.8 Å². The Hall–Kier alpha value is -3.41. The van der Waals surface area contributed by atoms with Gasteiger partial charge in [-0.15, -0.1) is 0 Å². The van der Waals surface area contributed by atoms with Gasteiger partial charge in [0.2, 0.25) is 0 Å². The third-order valence-electron chi connectivity index (χ3n) is 4.11. The van der Waals surface area contributed by atoms with Crippen molar-refractivity contribution in [3.8, 4) is 28.3 Å². The summed E-state index contributed by atoms with van der Waals surface area (Å²) in [7, 11) is 0. The van der Waals surface area contributed by atoms with Gasteiger partial charge in [0.1, 0.15) is 17.1 Å². The highest BCUT2D eigenvalue weighted by Gasteiger charge is 2.19. The van der Waals surface area contributed by atoms with E-state index in [9.17, 15) is 9.90 Å². The molecule has 1 N–H and O–H groups in total. The van der Waals surface area contributed by atoms with Crippen molar-refractivity contribution in [2.45, 2.75) is 13.8 Å². The molecule has 0 atom stereocenters. The fourth-order valence-corrected chi connectivity index (χ4v) is 2.95. The fraction of sp³-hybridized carbons (Fsp3) is 0.105. The Kier molecular flexibility index (Phi) is 3.39. The average Bonchev–Trinajstić information content (AvgIpc) is 2.93. The molecular formula is C19H15N3O3. The van der Waals surface area contributed by atoms with E-state index in [-0.39, 0.29) is 11.3 Å². The standard InChI is InChI=1S/C19H15N3O3/c1-11-10-15(23)16(19(24)25-11)14-8-9-20-18-12(2)17(21-22(14)18)13-6-4-3-5-7-13/h3-10,23H,1-2H3. The summed E-state index contributed by atoms with van der Waals surface area (Å²) in [5.41, 5.74) is 3.13. The lowest BCUT2D eigenvalue weighted by atomic mass is 10.1. The third kappa shape index (κ3) is 2.39. The number of rotatable bonds is 2. The van der Waals surface area contributed by atoms with E-state index in [2.05, 4.69) is 10.1 Å². The minimum Gasteiger partial charge on any atom is -0.507 e. The maximum absolute atomic E-state index is 12.3.